The van der Waals surface area contributed by atoms with E-state index in [4.69, 9.17) is 28.6 Å². The fourth-order valence-corrected chi connectivity index (χ4v) is 3.88. The molecule has 3 rings (SSSR count). The lowest BCUT2D eigenvalue weighted by Crippen LogP contribution is -2.33. The third kappa shape index (κ3) is 6.36. The van der Waals surface area contributed by atoms with Gasteiger partial charge in [-0.15, -0.1) is 10.2 Å². The van der Waals surface area contributed by atoms with Crippen molar-refractivity contribution in [3.8, 4) is 40.5 Å². The first-order valence-corrected chi connectivity index (χ1v) is 11.7. The largest absolute Gasteiger partial charge is 0.494 e. The van der Waals surface area contributed by atoms with Crippen LogP contribution in [0.2, 0.25) is 0 Å². The molecule has 0 saturated heterocycles. The number of benzene rings is 2. The number of ether oxygens (including phenoxy) is 4. The zero-order chi connectivity index (χ0) is 25.2. The summed E-state index contributed by atoms with van der Waals surface area (Å²) in [7, 11) is 4.56. The Morgan fingerprint density at radius 1 is 1.09 bits per heavy atom. The highest BCUT2D eigenvalue weighted by Crippen LogP contribution is 2.41. The fourth-order valence-electron chi connectivity index (χ4n) is 3.24. The summed E-state index contributed by atoms with van der Waals surface area (Å²) >= 11 is 1.11. The van der Waals surface area contributed by atoms with Crippen molar-refractivity contribution in [1.29, 1.82) is 5.26 Å². The number of hydrogen-bond acceptors (Lipinski definition) is 10. The molecule has 0 aliphatic carbocycles. The average molecular weight is 499 g/mol. The maximum absolute atomic E-state index is 13.0. The Hall–Kier alpha value is -3.91. The molecule has 184 valence electrons. The standard InChI is InChI=1S/C24H26N4O6S/c1-5-33-18-9-7-17(8-10-18)28(12-6-11-25)21(29)15-35-24-27-26-23(34-24)16-13-19(30-2)22(32-4)20(14-16)31-3/h7-10,13-14H,5-6,12,15H2,1-4H3. The van der Waals surface area contributed by atoms with Gasteiger partial charge in [-0.05, 0) is 43.3 Å². The number of thioether (sulfide) groups is 1. The molecule has 0 radical (unpaired) electrons. The molecule has 35 heavy (non-hydrogen) atoms. The summed E-state index contributed by atoms with van der Waals surface area (Å²) in [5.41, 5.74) is 1.26. The number of rotatable bonds is 12. The molecular formula is C24H26N4O6S. The van der Waals surface area contributed by atoms with Crippen LogP contribution >= 0.6 is 11.8 Å². The highest BCUT2D eigenvalue weighted by atomic mass is 32.2. The number of hydrogen-bond donors (Lipinski definition) is 0. The van der Waals surface area contributed by atoms with Gasteiger partial charge in [0.2, 0.25) is 17.5 Å². The lowest BCUT2D eigenvalue weighted by molar-refractivity contribution is -0.116. The highest BCUT2D eigenvalue weighted by Gasteiger charge is 2.20. The SMILES string of the molecule is CCOc1ccc(N(CCC#N)C(=O)CSc2nnc(-c3cc(OC)c(OC)c(OC)c3)o2)cc1. The van der Waals surface area contributed by atoms with Crippen molar-refractivity contribution in [3.63, 3.8) is 0 Å². The summed E-state index contributed by atoms with van der Waals surface area (Å²) in [6, 6.07) is 12.6. The first-order chi connectivity index (χ1) is 17.0. The van der Waals surface area contributed by atoms with E-state index in [0.717, 1.165) is 11.8 Å². The Labute approximate surface area is 207 Å². The van der Waals surface area contributed by atoms with Crippen molar-refractivity contribution >= 4 is 23.4 Å². The lowest BCUT2D eigenvalue weighted by Gasteiger charge is -2.21. The number of nitriles is 1. The molecule has 0 fully saturated rings. The van der Waals surface area contributed by atoms with Gasteiger partial charge in [-0.1, -0.05) is 11.8 Å². The van der Waals surface area contributed by atoms with Gasteiger partial charge >= 0.3 is 0 Å². The molecule has 3 aromatic rings. The molecule has 11 heteroatoms. The predicted octanol–water partition coefficient (Wildman–Crippen LogP) is 4.20. The number of anilines is 1. The summed E-state index contributed by atoms with van der Waals surface area (Å²) in [4.78, 5) is 14.5. The Bertz CT molecular complexity index is 1150. The Balaban J connectivity index is 1.73. The predicted molar refractivity (Wildman–Crippen MR) is 130 cm³/mol. The maximum Gasteiger partial charge on any atom is 0.277 e. The van der Waals surface area contributed by atoms with Gasteiger partial charge in [0.25, 0.3) is 5.22 Å². The first-order valence-electron chi connectivity index (χ1n) is 10.7. The van der Waals surface area contributed by atoms with Gasteiger partial charge in [0.1, 0.15) is 5.75 Å². The van der Waals surface area contributed by atoms with Crippen molar-refractivity contribution in [3.05, 3.63) is 36.4 Å². The van der Waals surface area contributed by atoms with E-state index in [0.29, 0.717) is 40.9 Å². The van der Waals surface area contributed by atoms with Gasteiger partial charge in [0.15, 0.2) is 11.5 Å². The van der Waals surface area contributed by atoms with Crippen LogP contribution in [0.1, 0.15) is 13.3 Å². The minimum absolute atomic E-state index is 0.0511. The van der Waals surface area contributed by atoms with Crippen LogP contribution < -0.4 is 23.8 Å². The lowest BCUT2D eigenvalue weighted by atomic mass is 10.2. The zero-order valence-electron chi connectivity index (χ0n) is 19.9. The van der Waals surface area contributed by atoms with Gasteiger partial charge in [0.05, 0.1) is 46.2 Å². The molecule has 0 aliphatic rings. The first kappa shape index (κ1) is 25.7. The van der Waals surface area contributed by atoms with Crippen LogP contribution in [-0.2, 0) is 4.79 Å². The summed E-state index contributed by atoms with van der Waals surface area (Å²) in [5, 5.41) is 17.4. The Morgan fingerprint density at radius 3 is 2.34 bits per heavy atom. The van der Waals surface area contributed by atoms with Crippen LogP contribution in [0.4, 0.5) is 5.69 Å². The Kier molecular flexibility index (Phi) is 9.20. The average Bonchev–Trinajstić information content (AvgIpc) is 3.37. The topological polar surface area (TPSA) is 120 Å². The van der Waals surface area contributed by atoms with E-state index in [9.17, 15) is 4.79 Å². The molecule has 0 spiro atoms. The Morgan fingerprint density at radius 2 is 1.77 bits per heavy atom. The fraction of sp³-hybridized carbons (Fsp3) is 0.333. The van der Waals surface area contributed by atoms with E-state index in [-0.39, 0.29) is 35.7 Å². The van der Waals surface area contributed by atoms with Gasteiger partial charge < -0.3 is 28.3 Å². The molecule has 0 atom stereocenters. The second-order valence-electron chi connectivity index (χ2n) is 6.96. The quantitative estimate of drug-likeness (QED) is 0.336. The van der Waals surface area contributed by atoms with Crippen LogP contribution in [0.3, 0.4) is 0 Å². The molecule has 1 heterocycles. The smallest absolute Gasteiger partial charge is 0.277 e. The van der Waals surface area contributed by atoms with Crippen LogP contribution in [0.25, 0.3) is 11.5 Å². The minimum Gasteiger partial charge on any atom is -0.494 e. The van der Waals surface area contributed by atoms with E-state index < -0.39 is 0 Å². The van der Waals surface area contributed by atoms with Gasteiger partial charge in [-0.2, -0.15) is 5.26 Å². The summed E-state index contributed by atoms with van der Waals surface area (Å²) in [6.07, 6.45) is 0.204. The molecule has 0 bridgehead atoms. The molecule has 2 aromatic carbocycles. The van der Waals surface area contributed by atoms with E-state index in [2.05, 4.69) is 16.3 Å². The molecular weight excluding hydrogens is 472 g/mol. The molecule has 10 nitrogen and oxygen atoms in total. The molecule has 0 unspecified atom stereocenters. The van der Waals surface area contributed by atoms with E-state index in [1.807, 2.05) is 6.92 Å². The summed E-state index contributed by atoms with van der Waals surface area (Å²) in [5.74, 6) is 2.17. The molecule has 1 aromatic heterocycles. The number of methoxy groups -OCH3 is 3. The number of amides is 1. The molecule has 0 N–H and O–H groups in total. The number of nitrogens with zero attached hydrogens (tertiary/aromatic N) is 4. The number of carbonyl (C=O) groups is 1. The zero-order valence-corrected chi connectivity index (χ0v) is 20.8. The van der Waals surface area contributed by atoms with E-state index >= 15 is 0 Å². The maximum atomic E-state index is 13.0. The molecule has 1 amide bonds. The highest BCUT2D eigenvalue weighted by molar-refractivity contribution is 7.99. The van der Waals surface area contributed by atoms with Crippen LogP contribution in [-0.4, -0.2) is 56.3 Å². The molecule has 0 aliphatic heterocycles. The normalized spacial score (nSPS) is 10.4. The van der Waals surface area contributed by atoms with Crippen molar-refractivity contribution in [2.45, 2.75) is 18.6 Å². The van der Waals surface area contributed by atoms with Crippen LogP contribution in [0.5, 0.6) is 23.0 Å². The number of carbonyl (C=O) groups excluding carboxylic acids is 1. The third-order valence-electron chi connectivity index (χ3n) is 4.84. The third-order valence-corrected chi connectivity index (χ3v) is 5.65. The van der Waals surface area contributed by atoms with Gasteiger partial charge in [-0.3, -0.25) is 4.79 Å². The van der Waals surface area contributed by atoms with Crippen molar-refractivity contribution in [1.82, 2.24) is 10.2 Å². The van der Waals surface area contributed by atoms with Crippen LogP contribution in [0.15, 0.2) is 46.0 Å². The van der Waals surface area contributed by atoms with Gasteiger partial charge in [-0.25, -0.2) is 0 Å². The second kappa shape index (κ2) is 12.5. The molecule has 0 saturated carbocycles. The number of aromatic nitrogens is 2. The van der Waals surface area contributed by atoms with Crippen molar-refractivity contribution in [2.75, 3.05) is 45.1 Å². The van der Waals surface area contributed by atoms with Gasteiger partial charge in [0, 0.05) is 17.8 Å². The summed E-state index contributed by atoms with van der Waals surface area (Å²) in [6.45, 7) is 2.72. The van der Waals surface area contributed by atoms with Crippen molar-refractivity contribution in [2.24, 2.45) is 0 Å². The monoisotopic (exact) mass is 498 g/mol. The van der Waals surface area contributed by atoms with Crippen molar-refractivity contribution < 1.29 is 28.2 Å². The summed E-state index contributed by atoms with van der Waals surface area (Å²) < 4.78 is 27.3. The van der Waals surface area contributed by atoms with E-state index in [1.165, 1.54) is 21.3 Å². The minimum atomic E-state index is -0.193. The van der Waals surface area contributed by atoms with Crippen LogP contribution in [0, 0.1) is 11.3 Å². The van der Waals surface area contributed by atoms with E-state index in [1.54, 1.807) is 41.3 Å². The second-order valence-corrected chi connectivity index (χ2v) is 7.88.